The van der Waals surface area contributed by atoms with Crippen molar-refractivity contribution in [2.75, 3.05) is 35.0 Å². The Labute approximate surface area is 371 Å². The summed E-state index contributed by atoms with van der Waals surface area (Å²) < 4.78 is 20.6. The number of likely N-dealkylation sites (tertiary alicyclic amines) is 2. The monoisotopic (exact) mass is 872 g/mol. The van der Waals surface area contributed by atoms with Gasteiger partial charge in [-0.2, -0.15) is 0 Å². The normalized spacial score (nSPS) is 21.8. The quantitative estimate of drug-likeness (QED) is 0.106. The molecule has 2 saturated heterocycles. The summed E-state index contributed by atoms with van der Waals surface area (Å²) in [6.07, 6.45) is 5.54. The molecular weight excluding hydrogens is 817 g/mol. The predicted octanol–water partition coefficient (Wildman–Crippen LogP) is 6.62. The molecule has 1 saturated carbocycles. The fraction of sp³-hybridized carbons (Fsp3) is 0.458. The van der Waals surface area contributed by atoms with Gasteiger partial charge in [0.05, 0.1) is 61.4 Å². The highest BCUT2D eigenvalue weighted by molar-refractivity contribution is 5.89. The lowest BCUT2D eigenvalue weighted by atomic mass is 9.83. The second-order valence-electron chi connectivity index (χ2n) is 17.5. The van der Waals surface area contributed by atoms with Gasteiger partial charge in [0.15, 0.2) is 0 Å². The van der Waals surface area contributed by atoms with Crippen LogP contribution in [0, 0.1) is 5.92 Å². The van der Waals surface area contributed by atoms with Gasteiger partial charge in [0.1, 0.15) is 23.7 Å². The van der Waals surface area contributed by atoms with Gasteiger partial charge in [-0.15, -0.1) is 0 Å². The molecule has 8 atom stereocenters. The van der Waals surface area contributed by atoms with Crippen LogP contribution in [0.2, 0.25) is 0 Å². The first-order valence-corrected chi connectivity index (χ1v) is 22.2. The van der Waals surface area contributed by atoms with Crippen molar-refractivity contribution in [3.8, 4) is 33.5 Å². The zero-order valence-corrected chi connectivity index (χ0v) is 37.1. The molecule has 5 aromatic rings. The van der Waals surface area contributed by atoms with Gasteiger partial charge in [-0.25, -0.2) is 19.6 Å². The molecule has 8 unspecified atom stereocenters. The van der Waals surface area contributed by atoms with Crippen molar-refractivity contribution in [1.82, 2.24) is 40.4 Å². The van der Waals surface area contributed by atoms with E-state index in [1.165, 1.54) is 50.7 Å². The van der Waals surface area contributed by atoms with Gasteiger partial charge in [-0.1, -0.05) is 36.4 Å². The maximum absolute atomic E-state index is 14.2. The Hall–Kier alpha value is -6.26. The number of H-pyrrole nitrogens is 2. The minimum absolute atomic E-state index is 0.0682. The number of hydrogen-bond donors (Lipinski definition) is 4. The number of aryl methyl sites for hydroxylation is 2. The van der Waals surface area contributed by atoms with Gasteiger partial charge in [0, 0.05) is 26.8 Å². The van der Waals surface area contributed by atoms with Crippen molar-refractivity contribution in [2.24, 2.45) is 5.92 Å². The molecule has 4 heterocycles. The third-order valence-electron chi connectivity index (χ3n) is 14.0. The largest absolute Gasteiger partial charge is 0.453 e. The van der Waals surface area contributed by atoms with Crippen LogP contribution in [0.1, 0.15) is 80.8 Å². The minimum Gasteiger partial charge on any atom is -0.453 e. The highest BCUT2D eigenvalue weighted by atomic mass is 16.5. The molecule has 2 aliphatic carbocycles. The first-order valence-electron chi connectivity index (χ1n) is 22.2. The van der Waals surface area contributed by atoms with Crippen LogP contribution in [0.5, 0.6) is 0 Å². The molecule has 3 aromatic carbocycles. The lowest BCUT2D eigenvalue weighted by molar-refractivity contribution is -0.141. The summed E-state index contributed by atoms with van der Waals surface area (Å²) in [6, 6.07) is 17.3. The molecule has 2 aliphatic heterocycles. The van der Waals surface area contributed by atoms with E-state index in [-0.39, 0.29) is 35.9 Å². The van der Waals surface area contributed by atoms with Crippen molar-refractivity contribution in [1.29, 1.82) is 0 Å². The number of carbonyl (C=O) groups excluding carboxylic acids is 4. The van der Waals surface area contributed by atoms with Crippen LogP contribution < -0.4 is 10.6 Å². The van der Waals surface area contributed by atoms with Crippen LogP contribution in [0.25, 0.3) is 44.5 Å². The molecule has 16 heteroatoms. The fourth-order valence-electron chi connectivity index (χ4n) is 10.5. The van der Waals surface area contributed by atoms with Crippen LogP contribution in [0.4, 0.5) is 9.59 Å². The number of amides is 4. The number of fused-ring (bicyclic) bond motifs is 6. The van der Waals surface area contributed by atoms with E-state index in [4.69, 9.17) is 28.9 Å². The molecule has 4 N–H and O–H groups in total. The third-order valence-corrected chi connectivity index (χ3v) is 14.0. The summed E-state index contributed by atoms with van der Waals surface area (Å²) in [6.45, 7) is 4.06. The number of carbonyl (C=O) groups is 4. The zero-order chi connectivity index (χ0) is 44.8. The molecule has 64 heavy (non-hydrogen) atoms. The van der Waals surface area contributed by atoms with E-state index in [0.29, 0.717) is 12.4 Å². The van der Waals surface area contributed by atoms with E-state index in [1.54, 1.807) is 18.7 Å². The van der Waals surface area contributed by atoms with Crippen molar-refractivity contribution in [2.45, 2.75) is 101 Å². The van der Waals surface area contributed by atoms with E-state index >= 15 is 0 Å². The Morgan fingerprint density at radius 1 is 0.734 bits per heavy atom. The van der Waals surface area contributed by atoms with Crippen molar-refractivity contribution in [3.05, 3.63) is 83.6 Å². The van der Waals surface area contributed by atoms with Crippen LogP contribution in [0.3, 0.4) is 0 Å². The van der Waals surface area contributed by atoms with Gasteiger partial charge in [0.2, 0.25) is 11.8 Å². The van der Waals surface area contributed by atoms with E-state index in [9.17, 15) is 19.2 Å². The molecule has 4 amide bonds. The summed E-state index contributed by atoms with van der Waals surface area (Å²) in [5.41, 5.74) is 10.8. The third kappa shape index (κ3) is 7.86. The number of nitrogens with one attached hydrogen (secondary N) is 4. The number of aromatic nitrogens is 4. The van der Waals surface area contributed by atoms with E-state index in [1.807, 2.05) is 17.2 Å². The number of benzene rings is 3. The fourth-order valence-corrected chi connectivity index (χ4v) is 10.5. The molecule has 9 rings (SSSR count). The molecule has 336 valence electrons. The Balaban J connectivity index is 0.919. The van der Waals surface area contributed by atoms with Crippen molar-refractivity contribution >= 4 is 35.0 Å². The molecular formula is C48H56N8O8. The number of rotatable bonds is 12. The van der Waals surface area contributed by atoms with Gasteiger partial charge in [-0.05, 0) is 122 Å². The molecule has 0 spiro atoms. The van der Waals surface area contributed by atoms with Crippen LogP contribution in [-0.2, 0) is 41.4 Å². The van der Waals surface area contributed by atoms with Crippen LogP contribution in [0.15, 0.2) is 60.8 Å². The number of aromatic amines is 2. The molecule has 16 nitrogen and oxygen atoms in total. The van der Waals surface area contributed by atoms with Gasteiger partial charge in [-0.3, -0.25) is 9.59 Å². The number of hydrogen-bond acceptors (Lipinski definition) is 10. The van der Waals surface area contributed by atoms with Gasteiger partial charge >= 0.3 is 12.2 Å². The van der Waals surface area contributed by atoms with Crippen LogP contribution >= 0.6 is 0 Å². The highest BCUT2D eigenvalue weighted by Crippen LogP contribution is 2.50. The first-order chi connectivity index (χ1) is 31.0. The van der Waals surface area contributed by atoms with Gasteiger partial charge < -0.3 is 49.3 Å². The maximum atomic E-state index is 14.2. The maximum Gasteiger partial charge on any atom is 0.407 e. The van der Waals surface area contributed by atoms with Crippen LogP contribution in [-0.4, -0.2) is 119 Å². The topological polar surface area (TPSA) is 193 Å². The molecule has 0 radical (unpaired) electrons. The van der Waals surface area contributed by atoms with Crippen molar-refractivity contribution < 1.29 is 38.1 Å². The summed E-state index contributed by atoms with van der Waals surface area (Å²) in [5, 5.41) is 5.35. The van der Waals surface area contributed by atoms with E-state index in [2.05, 4.69) is 69.1 Å². The first kappa shape index (κ1) is 43.0. The van der Waals surface area contributed by atoms with E-state index in [0.717, 1.165) is 84.2 Å². The Kier molecular flexibility index (Phi) is 11.9. The summed E-state index contributed by atoms with van der Waals surface area (Å²) in [7, 11) is 5.58. The molecule has 3 fully saturated rings. The summed E-state index contributed by atoms with van der Waals surface area (Å²) in [4.78, 5) is 72.8. The number of imidazole rings is 2. The number of alkyl carbamates (subject to hydrolysis) is 2. The number of methoxy groups -OCH3 is 4. The van der Waals surface area contributed by atoms with Gasteiger partial charge in [0.25, 0.3) is 0 Å². The Bertz CT molecular complexity index is 2590. The Morgan fingerprint density at radius 3 is 2.03 bits per heavy atom. The number of nitrogens with zero attached hydrogens (tertiary/aromatic N) is 4. The zero-order valence-electron chi connectivity index (χ0n) is 37.1. The molecule has 4 aliphatic rings. The van der Waals surface area contributed by atoms with Crippen molar-refractivity contribution in [3.63, 3.8) is 0 Å². The lowest BCUT2D eigenvalue weighted by Crippen LogP contribution is -2.56. The summed E-state index contributed by atoms with van der Waals surface area (Å²) in [5.74, 6) is 1.31. The average Bonchev–Trinajstić information content (AvgIpc) is 4.19. The second kappa shape index (κ2) is 17.7. The molecule has 2 bridgehead atoms. The number of piperidine rings is 1. The second-order valence-corrected chi connectivity index (χ2v) is 17.5. The Morgan fingerprint density at radius 2 is 1.36 bits per heavy atom. The smallest absolute Gasteiger partial charge is 0.407 e. The standard InChI is InChI=1S/C48H56N8O8/c1-25(61-3)40(53-47(59)63-5)45(57)55-19-7-8-39(55)43-49-24-38(52-43)31-13-17-35-30(21-31)10-9-29-20-27(12-16-34(29)35)28-14-18-36-37(23-28)51-44(50-36)42-32-11-15-33(22-32)56(42)46(58)41(26(2)62-4)54-48(60)64-6/h12-14,16-18,20-21,23-26,32-33,39-42H,7-11,15,19,22H2,1-6H3,(H,49,52)(H,50,51)(H,53,59)(H,54,60). The molecule has 2 aromatic heterocycles. The SMILES string of the molecule is COC(=O)NC(C(=O)N1CCCC1c1ncc(-c2ccc3c(c2)CCc2cc(-c4ccc5nc(C6C7CCC(C7)N6C(=O)C(NC(=O)OC)C(C)OC)[nH]c5c4)ccc2-3)[nH]1)C(C)OC. The number of ether oxygens (including phenoxy) is 4. The minimum atomic E-state index is -0.895. The predicted molar refractivity (Wildman–Crippen MR) is 238 cm³/mol. The summed E-state index contributed by atoms with van der Waals surface area (Å²) >= 11 is 0. The lowest BCUT2D eigenvalue weighted by Gasteiger charge is -2.37. The van der Waals surface area contributed by atoms with E-state index < -0.39 is 36.5 Å². The highest BCUT2D eigenvalue weighted by Gasteiger charge is 2.52. The average molecular weight is 873 g/mol.